The number of rotatable bonds is 5. The molecule has 20 heavy (non-hydrogen) atoms. The molecule has 0 unspecified atom stereocenters. The molecule has 0 aliphatic carbocycles. The predicted octanol–water partition coefficient (Wildman–Crippen LogP) is 4.17. The summed E-state index contributed by atoms with van der Waals surface area (Å²) < 4.78 is 6.49. The van der Waals surface area contributed by atoms with Crippen molar-refractivity contribution in [1.29, 1.82) is 0 Å². The van der Waals surface area contributed by atoms with Crippen LogP contribution < -0.4 is 10.1 Å². The SMILES string of the molecule is Cc1ccccc1NC(=O)CCOc1cccc(Br)c1. The molecule has 1 amide bonds. The Balaban J connectivity index is 1.80. The third-order valence-electron chi connectivity index (χ3n) is 2.81. The largest absolute Gasteiger partial charge is 0.493 e. The first-order valence-corrected chi connectivity index (χ1v) is 7.18. The van der Waals surface area contributed by atoms with Gasteiger partial charge in [0.15, 0.2) is 0 Å². The van der Waals surface area contributed by atoms with E-state index >= 15 is 0 Å². The van der Waals surface area contributed by atoms with E-state index < -0.39 is 0 Å². The fourth-order valence-electron chi connectivity index (χ4n) is 1.74. The number of para-hydroxylation sites is 1. The Morgan fingerprint density at radius 2 is 2.00 bits per heavy atom. The number of benzene rings is 2. The van der Waals surface area contributed by atoms with Gasteiger partial charge in [0.25, 0.3) is 0 Å². The Labute approximate surface area is 127 Å². The Kier molecular flexibility index (Phi) is 5.18. The van der Waals surface area contributed by atoms with Crippen molar-refractivity contribution in [2.24, 2.45) is 0 Å². The quantitative estimate of drug-likeness (QED) is 0.891. The molecule has 0 heterocycles. The van der Waals surface area contributed by atoms with Gasteiger partial charge in [-0.05, 0) is 36.8 Å². The van der Waals surface area contributed by atoms with Crippen LogP contribution in [0.1, 0.15) is 12.0 Å². The average molecular weight is 334 g/mol. The highest BCUT2D eigenvalue weighted by atomic mass is 79.9. The fraction of sp³-hybridized carbons (Fsp3) is 0.188. The first kappa shape index (κ1) is 14.6. The van der Waals surface area contributed by atoms with Crippen LogP contribution in [0.5, 0.6) is 5.75 Å². The summed E-state index contributed by atoms with van der Waals surface area (Å²) in [4.78, 5) is 11.8. The molecule has 2 aromatic carbocycles. The molecule has 2 aromatic rings. The monoisotopic (exact) mass is 333 g/mol. The molecule has 0 aromatic heterocycles. The van der Waals surface area contributed by atoms with Crippen molar-refractivity contribution in [2.45, 2.75) is 13.3 Å². The minimum absolute atomic E-state index is 0.0469. The second-order valence-electron chi connectivity index (χ2n) is 4.42. The average Bonchev–Trinajstić information content (AvgIpc) is 2.41. The highest BCUT2D eigenvalue weighted by Crippen LogP contribution is 2.18. The number of carbonyl (C=O) groups is 1. The van der Waals surface area contributed by atoms with E-state index in [4.69, 9.17) is 4.74 Å². The number of aryl methyl sites for hydroxylation is 1. The molecule has 2 rings (SSSR count). The van der Waals surface area contributed by atoms with Crippen LogP contribution in [0.2, 0.25) is 0 Å². The molecule has 0 atom stereocenters. The van der Waals surface area contributed by atoms with Crippen LogP contribution >= 0.6 is 15.9 Å². The fourth-order valence-corrected chi connectivity index (χ4v) is 2.12. The van der Waals surface area contributed by atoms with Crippen molar-refractivity contribution in [3.05, 3.63) is 58.6 Å². The zero-order chi connectivity index (χ0) is 14.4. The lowest BCUT2D eigenvalue weighted by Crippen LogP contribution is -2.15. The molecule has 0 fully saturated rings. The maximum absolute atomic E-state index is 11.8. The Morgan fingerprint density at radius 3 is 2.75 bits per heavy atom. The normalized spacial score (nSPS) is 10.1. The molecule has 3 nitrogen and oxygen atoms in total. The van der Waals surface area contributed by atoms with Gasteiger partial charge in [-0.3, -0.25) is 4.79 Å². The van der Waals surface area contributed by atoms with Crippen LogP contribution in [0.3, 0.4) is 0 Å². The van der Waals surface area contributed by atoms with Crippen LogP contribution in [-0.4, -0.2) is 12.5 Å². The van der Waals surface area contributed by atoms with Gasteiger partial charge in [0.05, 0.1) is 13.0 Å². The number of anilines is 1. The summed E-state index contributed by atoms with van der Waals surface area (Å²) in [6.45, 7) is 2.32. The minimum atomic E-state index is -0.0469. The molecule has 0 bridgehead atoms. The van der Waals surface area contributed by atoms with Crippen LogP contribution in [0, 0.1) is 6.92 Å². The number of hydrogen-bond donors (Lipinski definition) is 1. The number of hydrogen-bond acceptors (Lipinski definition) is 2. The third-order valence-corrected chi connectivity index (χ3v) is 3.31. The van der Waals surface area contributed by atoms with E-state index in [0.717, 1.165) is 21.5 Å². The zero-order valence-corrected chi connectivity index (χ0v) is 12.8. The molecule has 0 aliphatic rings. The van der Waals surface area contributed by atoms with Gasteiger partial charge in [0.2, 0.25) is 5.91 Å². The highest BCUT2D eigenvalue weighted by Gasteiger charge is 2.04. The van der Waals surface area contributed by atoms with E-state index in [9.17, 15) is 4.79 Å². The van der Waals surface area contributed by atoms with Crippen LogP contribution in [0.15, 0.2) is 53.0 Å². The lowest BCUT2D eigenvalue weighted by molar-refractivity contribution is -0.116. The maximum atomic E-state index is 11.8. The number of carbonyl (C=O) groups excluding carboxylic acids is 1. The first-order valence-electron chi connectivity index (χ1n) is 6.39. The Bertz CT molecular complexity index is 599. The standard InChI is InChI=1S/C16H16BrNO2/c1-12-5-2-3-8-15(12)18-16(19)9-10-20-14-7-4-6-13(17)11-14/h2-8,11H,9-10H2,1H3,(H,18,19). The molecule has 0 saturated heterocycles. The van der Waals surface area contributed by atoms with E-state index in [1.54, 1.807) is 0 Å². The Hall–Kier alpha value is -1.81. The topological polar surface area (TPSA) is 38.3 Å². The van der Waals surface area contributed by atoms with Gasteiger partial charge in [0.1, 0.15) is 5.75 Å². The van der Waals surface area contributed by atoms with Crippen molar-refractivity contribution in [1.82, 2.24) is 0 Å². The van der Waals surface area contributed by atoms with E-state index in [1.165, 1.54) is 0 Å². The smallest absolute Gasteiger partial charge is 0.227 e. The van der Waals surface area contributed by atoms with Gasteiger partial charge >= 0.3 is 0 Å². The molecule has 0 aliphatic heterocycles. The summed E-state index contributed by atoms with van der Waals surface area (Å²) in [5, 5.41) is 2.88. The summed E-state index contributed by atoms with van der Waals surface area (Å²) in [6, 6.07) is 15.3. The highest BCUT2D eigenvalue weighted by molar-refractivity contribution is 9.10. The van der Waals surface area contributed by atoms with E-state index in [-0.39, 0.29) is 5.91 Å². The number of ether oxygens (including phenoxy) is 1. The van der Waals surface area contributed by atoms with Crippen molar-refractivity contribution in [3.8, 4) is 5.75 Å². The summed E-state index contributed by atoms with van der Waals surface area (Å²) in [6.07, 6.45) is 0.320. The van der Waals surface area contributed by atoms with Crippen LogP contribution in [0.4, 0.5) is 5.69 Å². The van der Waals surface area contributed by atoms with Gasteiger partial charge in [-0.15, -0.1) is 0 Å². The van der Waals surface area contributed by atoms with Gasteiger partial charge in [-0.25, -0.2) is 0 Å². The lowest BCUT2D eigenvalue weighted by Gasteiger charge is -2.09. The van der Waals surface area contributed by atoms with Crippen molar-refractivity contribution >= 4 is 27.5 Å². The molecule has 104 valence electrons. The number of amides is 1. The minimum Gasteiger partial charge on any atom is -0.493 e. The van der Waals surface area contributed by atoms with Crippen molar-refractivity contribution < 1.29 is 9.53 Å². The second-order valence-corrected chi connectivity index (χ2v) is 5.33. The number of nitrogens with one attached hydrogen (secondary N) is 1. The first-order chi connectivity index (χ1) is 9.65. The van der Waals surface area contributed by atoms with Gasteiger partial charge in [-0.1, -0.05) is 40.2 Å². The van der Waals surface area contributed by atoms with Crippen LogP contribution in [0.25, 0.3) is 0 Å². The van der Waals surface area contributed by atoms with Crippen molar-refractivity contribution in [3.63, 3.8) is 0 Å². The molecule has 0 radical (unpaired) electrons. The van der Waals surface area contributed by atoms with Crippen LogP contribution in [-0.2, 0) is 4.79 Å². The molecule has 4 heteroatoms. The van der Waals surface area contributed by atoms with Crippen molar-refractivity contribution in [2.75, 3.05) is 11.9 Å². The molecular weight excluding hydrogens is 318 g/mol. The summed E-state index contributed by atoms with van der Waals surface area (Å²) in [5.74, 6) is 0.706. The second kappa shape index (κ2) is 7.10. The lowest BCUT2D eigenvalue weighted by atomic mass is 10.2. The predicted molar refractivity (Wildman–Crippen MR) is 84.1 cm³/mol. The zero-order valence-electron chi connectivity index (χ0n) is 11.2. The molecule has 0 saturated carbocycles. The van der Waals surface area contributed by atoms with Gasteiger partial charge in [0, 0.05) is 10.2 Å². The maximum Gasteiger partial charge on any atom is 0.227 e. The Morgan fingerprint density at radius 1 is 1.20 bits per heavy atom. The third kappa shape index (κ3) is 4.38. The van der Waals surface area contributed by atoms with E-state index in [0.29, 0.717) is 13.0 Å². The summed E-state index contributed by atoms with van der Waals surface area (Å²) in [7, 11) is 0. The van der Waals surface area contributed by atoms with Gasteiger partial charge in [-0.2, -0.15) is 0 Å². The summed E-state index contributed by atoms with van der Waals surface area (Å²) >= 11 is 3.38. The molecule has 1 N–H and O–H groups in total. The molecule has 0 spiro atoms. The van der Waals surface area contributed by atoms with E-state index in [1.807, 2.05) is 55.5 Å². The van der Waals surface area contributed by atoms with E-state index in [2.05, 4.69) is 21.2 Å². The summed E-state index contributed by atoms with van der Waals surface area (Å²) in [5.41, 5.74) is 1.90. The van der Waals surface area contributed by atoms with Gasteiger partial charge < -0.3 is 10.1 Å². The number of halogens is 1. The molecular formula is C16H16BrNO2.